The van der Waals surface area contributed by atoms with Crippen molar-refractivity contribution in [1.29, 1.82) is 0 Å². The highest BCUT2D eigenvalue weighted by Crippen LogP contribution is 2.08. The molecule has 2 rings (SSSR count). The summed E-state index contributed by atoms with van der Waals surface area (Å²) < 4.78 is 0. The fourth-order valence-corrected chi connectivity index (χ4v) is 2.02. The summed E-state index contributed by atoms with van der Waals surface area (Å²) in [4.78, 5) is 23.4. The van der Waals surface area contributed by atoms with Crippen LogP contribution < -0.4 is 16.2 Å². The summed E-state index contributed by atoms with van der Waals surface area (Å²) in [5, 5.41) is 3.16. The third kappa shape index (κ3) is 6.22. The molecule has 23 heavy (non-hydrogen) atoms. The van der Waals surface area contributed by atoms with E-state index in [1.54, 1.807) is 0 Å². The summed E-state index contributed by atoms with van der Waals surface area (Å²) in [7, 11) is 0. The third-order valence-electron chi connectivity index (χ3n) is 3.28. The van der Waals surface area contributed by atoms with Crippen molar-refractivity contribution in [2.24, 2.45) is 0 Å². The highest BCUT2D eigenvalue weighted by molar-refractivity contribution is 5.83. The van der Waals surface area contributed by atoms with Crippen LogP contribution in [0.4, 0.5) is 5.69 Å². The molecule has 0 radical (unpaired) electrons. The van der Waals surface area contributed by atoms with E-state index in [2.05, 4.69) is 16.2 Å². The van der Waals surface area contributed by atoms with Crippen LogP contribution in [-0.2, 0) is 16.0 Å². The van der Waals surface area contributed by atoms with Crippen molar-refractivity contribution in [2.75, 3.05) is 11.9 Å². The molecule has 0 bridgehead atoms. The number of carbonyl (C=O) groups is 2. The number of benzene rings is 2. The average molecular weight is 311 g/mol. The van der Waals surface area contributed by atoms with Crippen LogP contribution in [-0.4, -0.2) is 18.4 Å². The molecule has 2 amide bonds. The molecule has 3 N–H and O–H groups in total. The van der Waals surface area contributed by atoms with Crippen LogP contribution in [0.15, 0.2) is 54.6 Å². The summed E-state index contributed by atoms with van der Waals surface area (Å²) in [5.41, 5.74) is 7.90. The van der Waals surface area contributed by atoms with Crippen LogP contribution >= 0.6 is 0 Å². The van der Waals surface area contributed by atoms with Gasteiger partial charge in [0.1, 0.15) is 0 Å². The predicted molar refractivity (Wildman–Crippen MR) is 90.7 cm³/mol. The Morgan fingerprint density at radius 3 is 2.22 bits per heavy atom. The van der Waals surface area contributed by atoms with E-state index in [1.165, 1.54) is 5.56 Å². The Labute approximate surface area is 136 Å². The summed E-state index contributed by atoms with van der Waals surface area (Å²) in [6.07, 6.45) is 0.516. The van der Waals surface area contributed by atoms with E-state index in [0.29, 0.717) is 6.54 Å². The van der Waals surface area contributed by atoms with Crippen molar-refractivity contribution in [3.8, 4) is 0 Å². The molecule has 5 nitrogen and oxygen atoms in total. The summed E-state index contributed by atoms with van der Waals surface area (Å²) in [6, 6.07) is 17.3. The monoisotopic (exact) mass is 311 g/mol. The molecule has 0 saturated heterocycles. The van der Waals surface area contributed by atoms with Gasteiger partial charge in [0, 0.05) is 18.7 Å². The number of hydrogen-bond acceptors (Lipinski definition) is 3. The van der Waals surface area contributed by atoms with Gasteiger partial charge in [-0.3, -0.25) is 20.4 Å². The Kier molecular flexibility index (Phi) is 6.17. The number of carbonyl (C=O) groups excluding carboxylic acids is 2. The van der Waals surface area contributed by atoms with Crippen LogP contribution in [0.5, 0.6) is 0 Å². The molecule has 5 heteroatoms. The van der Waals surface area contributed by atoms with Crippen molar-refractivity contribution in [1.82, 2.24) is 10.9 Å². The van der Waals surface area contributed by atoms with E-state index in [0.717, 1.165) is 11.3 Å². The van der Waals surface area contributed by atoms with Gasteiger partial charge in [0.15, 0.2) is 0 Å². The van der Waals surface area contributed by atoms with E-state index in [9.17, 15) is 9.59 Å². The minimum absolute atomic E-state index is 0.231. The smallest absolute Gasteiger partial charge is 0.242 e. The summed E-state index contributed by atoms with van der Waals surface area (Å²) >= 11 is 0. The number of nitrogens with one attached hydrogen (secondary N) is 3. The fraction of sp³-hybridized carbons (Fsp3) is 0.222. The van der Waals surface area contributed by atoms with Crippen LogP contribution in [0.2, 0.25) is 0 Å². The van der Waals surface area contributed by atoms with Crippen LogP contribution in [0.3, 0.4) is 0 Å². The maximum Gasteiger partial charge on any atom is 0.242 e. The Balaban J connectivity index is 1.63. The molecular weight excluding hydrogens is 290 g/mol. The lowest BCUT2D eigenvalue weighted by Crippen LogP contribution is -2.42. The molecule has 0 aliphatic heterocycles. The lowest BCUT2D eigenvalue weighted by Gasteiger charge is -2.09. The van der Waals surface area contributed by atoms with Gasteiger partial charge in [-0.2, -0.15) is 0 Å². The van der Waals surface area contributed by atoms with E-state index in [-0.39, 0.29) is 24.7 Å². The van der Waals surface area contributed by atoms with E-state index < -0.39 is 0 Å². The average Bonchev–Trinajstić information content (AvgIpc) is 2.56. The molecule has 0 aromatic heterocycles. The minimum Gasteiger partial charge on any atom is -0.385 e. The zero-order chi connectivity index (χ0) is 16.5. The molecule has 2 aromatic rings. The fourth-order valence-electron chi connectivity index (χ4n) is 2.02. The first-order valence-electron chi connectivity index (χ1n) is 7.55. The normalized spacial score (nSPS) is 9.96. The molecule has 0 heterocycles. The lowest BCUT2D eigenvalue weighted by atomic mass is 10.1. The zero-order valence-electron chi connectivity index (χ0n) is 13.1. The van der Waals surface area contributed by atoms with Gasteiger partial charge in [-0.05, 0) is 24.6 Å². The number of rotatable bonds is 6. The SMILES string of the molecule is Cc1ccc(NCCC(=O)NNC(=O)Cc2ccccc2)cc1. The number of anilines is 1. The lowest BCUT2D eigenvalue weighted by molar-refractivity contribution is -0.128. The van der Waals surface area contributed by atoms with Crippen molar-refractivity contribution >= 4 is 17.5 Å². The van der Waals surface area contributed by atoms with E-state index >= 15 is 0 Å². The van der Waals surface area contributed by atoms with Gasteiger partial charge in [0.05, 0.1) is 6.42 Å². The Bertz CT molecular complexity index is 639. The molecule has 120 valence electrons. The molecule has 0 unspecified atom stereocenters. The number of hydrazine groups is 1. The van der Waals surface area contributed by atoms with Gasteiger partial charge in [-0.1, -0.05) is 48.0 Å². The number of hydrogen-bond donors (Lipinski definition) is 3. The van der Waals surface area contributed by atoms with Crippen molar-refractivity contribution in [2.45, 2.75) is 19.8 Å². The largest absolute Gasteiger partial charge is 0.385 e. The number of aryl methyl sites for hydroxylation is 1. The highest BCUT2D eigenvalue weighted by Gasteiger charge is 2.05. The molecule has 0 aliphatic rings. The third-order valence-corrected chi connectivity index (χ3v) is 3.28. The van der Waals surface area contributed by atoms with Gasteiger partial charge in [-0.25, -0.2) is 0 Å². The van der Waals surface area contributed by atoms with Crippen LogP contribution in [0.25, 0.3) is 0 Å². The molecular formula is C18H21N3O2. The second kappa shape index (κ2) is 8.58. The maximum atomic E-state index is 11.7. The Hall–Kier alpha value is -2.82. The predicted octanol–water partition coefficient (Wildman–Crippen LogP) is 2.19. The Morgan fingerprint density at radius 1 is 0.870 bits per heavy atom. The first-order valence-corrected chi connectivity index (χ1v) is 7.55. The summed E-state index contributed by atoms with van der Waals surface area (Å²) in [6.45, 7) is 2.53. The van der Waals surface area contributed by atoms with Crippen molar-refractivity contribution in [3.63, 3.8) is 0 Å². The topological polar surface area (TPSA) is 70.2 Å². The van der Waals surface area contributed by atoms with Crippen LogP contribution in [0.1, 0.15) is 17.5 Å². The molecule has 0 aliphatic carbocycles. The van der Waals surface area contributed by atoms with E-state index in [1.807, 2.05) is 61.5 Å². The maximum absolute atomic E-state index is 11.7. The standard InChI is InChI=1S/C18H21N3O2/c1-14-7-9-16(10-8-14)19-12-11-17(22)20-21-18(23)13-15-5-3-2-4-6-15/h2-10,19H,11-13H2,1H3,(H,20,22)(H,21,23). The van der Waals surface area contributed by atoms with Gasteiger partial charge >= 0.3 is 0 Å². The first-order chi connectivity index (χ1) is 11.1. The van der Waals surface area contributed by atoms with E-state index in [4.69, 9.17) is 0 Å². The van der Waals surface area contributed by atoms with Gasteiger partial charge in [0.2, 0.25) is 11.8 Å². The second-order valence-corrected chi connectivity index (χ2v) is 5.30. The van der Waals surface area contributed by atoms with Crippen molar-refractivity contribution < 1.29 is 9.59 Å². The second-order valence-electron chi connectivity index (χ2n) is 5.30. The van der Waals surface area contributed by atoms with Gasteiger partial charge < -0.3 is 5.32 Å². The minimum atomic E-state index is -0.240. The molecule has 2 aromatic carbocycles. The van der Waals surface area contributed by atoms with Crippen LogP contribution in [0, 0.1) is 6.92 Å². The Morgan fingerprint density at radius 2 is 1.52 bits per heavy atom. The van der Waals surface area contributed by atoms with Crippen molar-refractivity contribution in [3.05, 3.63) is 65.7 Å². The van der Waals surface area contributed by atoms with Gasteiger partial charge in [0.25, 0.3) is 0 Å². The molecule has 0 saturated carbocycles. The highest BCUT2D eigenvalue weighted by atomic mass is 16.2. The van der Waals surface area contributed by atoms with Gasteiger partial charge in [-0.15, -0.1) is 0 Å². The molecule has 0 fully saturated rings. The quantitative estimate of drug-likeness (QED) is 0.716. The molecule has 0 atom stereocenters. The molecule has 0 spiro atoms. The zero-order valence-corrected chi connectivity index (χ0v) is 13.1. The number of amides is 2. The first kappa shape index (κ1) is 16.5. The summed E-state index contributed by atoms with van der Waals surface area (Å²) in [5.74, 6) is -0.470.